The van der Waals surface area contributed by atoms with Crippen molar-refractivity contribution < 1.29 is 9.59 Å². The first kappa shape index (κ1) is 19.2. The Morgan fingerprint density at radius 3 is 2.44 bits per heavy atom. The van der Waals surface area contributed by atoms with Crippen LogP contribution in [-0.4, -0.2) is 35.5 Å². The summed E-state index contributed by atoms with van der Waals surface area (Å²) in [5.41, 5.74) is 0.762. The van der Waals surface area contributed by atoms with Gasteiger partial charge in [-0.05, 0) is 17.7 Å². The summed E-state index contributed by atoms with van der Waals surface area (Å²) < 4.78 is 0.698. The third-order valence-corrected chi connectivity index (χ3v) is 4.70. The average molecular weight is 376 g/mol. The van der Waals surface area contributed by atoms with Crippen molar-refractivity contribution >= 4 is 56.6 Å². The van der Waals surface area contributed by atoms with Gasteiger partial charge in [0.2, 0.25) is 11.8 Å². The summed E-state index contributed by atoms with van der Waals surface area (Å²) in [7, 11) is 0. The maximum absolute atomic E-state index is 12.1. The second kappa shape index (κ2) is 10.0. The molecule has 0 heterocycles. The highest BCUT2D eigenvalue weighted by atomic mass is 32.2. The van der Waals surface area contributed by atoms with Gasteiger partial charge in [0.25, 0.3) is 0 Å². The van der Waals surface area contributed by atoms with Crippen LogP contribution >= 0.6 is 24.0 Å². The molecule has 0 aromatic heterocycles. The van der Waals surface area contributed by atoms with Crippen LogP contribution in [0.4, 0.5) is 5.69 Å². The molecule has 2 rings (SSSR count). The van der Waals surface area contributed by atoms with Crippen LogP contribution in [0, 0.1) is 0 Å². The van der Waals surface area contributed by atoms with E-state index >= 15 is 0 Å². The second-order valence-corrected chi connectivity index (χ2v) is 6.83. The Labute approximate surface area is 156 Å². The van der Waals surface area contributed by atoms with Gasteiger partial charge in [-0.15, -0.1) is 11.8 Å². The predicted molar refractivity (Wildman–Crippen MR) is 109 cm³/mol. The van der Waals surface area contributed by atoms with Gasteiger partial charge < -0.3 is 16.0 Å². The zero-order chi connectivity index (χ0) is 18.1. The highest BCUT2D eigenvalue weighted by Gasteiger charge is 2.08. The molecule has 0 spiro atoms. The Kier molecular flexibility index (Phi) is 7.69. The van der Waals surface area contributed by atoms with Crippen LogP contribution in [0.25, 0.3) is 10.8 Å². The minimum absolute atomic E-state index is 0.145. The fourth-order valence-corrected chi connectivity index (χ4v) is 2.65. The van der Waals surface area contributed by atoms with Crippen LogP contribution in [0.3, 0.4) is 0 Å². The number of rotatable bonds is 7. The van der Waals surface area contributed by atoms with Crippen LogP contribution in [-0.2, 0) is 9.59 Å². The van der Waals surface area contributed by atoms with Gasteiger partial charge in [-0.1, -0.05) is 48.6 Å². The molecule has 0 radical (unpaired) electrons. The first-order valence-electron chi connectivity index (χ1n) is 7.96. The number of thioether (sulfide) groups is 1. The summed E-state index contributed by atoms with van der Waals surface area (Å²) in [6.45, 7) is 1.05. The van der Waals surface area contributed by atoms with Crippen LogP contribution in [0.5, 0.6) is 0 Å². The molecule has 0 aliphatic heterocycles. The Bertz CT molecular complexity index is 760. The smallest absolute Gasteiger partial charge is 0.224 e. The van der Waals surface area contributed by atoms with Crippen molar-refractivity contribution in [3.05, 3.63) is 42.5 Å². The molecule has 0 unspecified atom stereocenters. The second-order valence-electron chi connectivity index (χ2n) is 5.34. The number of fused-ring (bicyclic) bond motifs is 1. The maximum atomic E-state index is 12.1. The molecule has 0 atom stereocenters. The molecule has 0 aliphatic rings. The van der Waals surface area contributed by atoms with Gasteiger partial charge in [0.1, 0.15) is 4.32 Å². The quantitative estimate of drug-likeness (QED) is 0.513. The SMILES string of the molecule is CSC(=S)NCCNC(=O)CCC(=O)Nc1cccc2ccccc12. The number of benzene rings is 2. The highest BCUT2D eigenvalue weighted by Crippen LogP contribution is 2.23. The van der Waals surface area contributed by atoms with Crippen LogP contribution in [0.15, 0.2) is 42.5 Å². The number of thiocarbonyl (C=S) groups is 1. The number of carbonyl (C=O) groups is 2. The van der Waals surface area contributed by atoms with Gasteiger partial charge in [0.05, 0.1) is 0 Å². The molecule has 2 amide bonds. The summed E-state index contributed by atoms with van der Waals surface area (Å²) in [5.74, 6) is -0.321. The van der Waals surface area contributed by atoms with E-state index in [0.29, 0.717) is 17.4 Å². The van der Waals surface area contributed by atoms with Crippen LogP contribution in [0.2, 0.25) is 0 Å². The van der Waals surface area contributed by atoms with E-state index in [0.717, 1.165) is 16.5 Å². The fourth-order valence-electron chi connectivity index (χ4n) is 2.30. The molecule has 0 bridgehead atoms. The Morgan fingerprint density at radius 1 is 0.960 bits per heavy atom. The lowest BCUT2D eigenvalue weighted by Gasteiger charge is -2.09. The first-order chi connectivity index (χ1) is 12.1. The van der Waals surface area contributed by atoms with Gasteiger partial charge in [-0.3, -0.25) is 9.59 Å². The lowest BCUT2D eigenvalue weighted by Crippen LogP contribution is -2.33. The first-order valence-corrected chi connectivity index (χ1v) is 9.59. The summed E-state index contributed by atoms with van der Waals surface area (Å²) in [5, 5.41) is 10.7. The van der Waals surface area contributed by atoms with Gasteiger partial charge in [-0.25, -0.2) is 0 Å². The van der Waals surface area contributed by atoms with Crippen molar-refractivity contribution in [3.8, 4) is 0 Å². The molecule has 132 valence electrons. The van der Waals surface area contributed by atoms with Crippen molar-refractivity contribution in [3.63, 3.8) is 0 Å². The minimum atomic E-state index is -0.173. The zero-order valence-electron chi connectivity index (χ0n) is 14.0. The molecule has 3 N–H and O–H groups in total. The minimum Gasteiger partial charge on any atom is -0.369 e. The van der Waals surface area contributed by atoms with Crippen molar-refractivity contribution in [1.82, 2.24) is 10.6 Å². The molecule has 2 aromatic rings. The summed E-state index contributed by atoms with van der Waals surface area (Å²) in [6.07, 6.45) is 2.19. The van der Waals surface area contributed by atoms with Gasteiger partial charge in [0, 0.05) is 37.0 Å². The number of carbonyl (C=O) groups excluding carboxylic acids is 2. The van der Waals surface area contributed by atoms with E-state index in [-0.39, 0.29) is 24.7 Å². The molecule has 0 fully saturated rings. The van der Waals surface area contributed by atoms with Crippen molar-refractivity contribution in [2.45, 2.75) is 12.8 Å². The fraction of sp³-hybridized carbons (Fsp3) is 0.278. The lowest BCUT2D eigenvalue weighted by atomic mass is 10.1. The van der Waals surface area contributed by atoms with Crippen LogP contribution in [0.1, 0.15) is 12.8 Å². The van der Waals surface area contributed by atoms with Crippen molar-refractivity contribution in [2.24, 2.45) is 0 Å². The molecule has 25 heavy (non-hydrogen) atoms. The van der Waals surface area contributed by atoms with Crippen molar-refractivity contribution in [2.75, 3.05) is 24.7 Å². The number of amides is 2. The highest BCUT2D eigenvalue weighted by molar-refractivity contribution is 8.22. The number of hydrogen-bond donors (Lipinski definition) is 3. The average Bonchev–Trinajstić information content (AvgIpc) is 2.63. The molecule has 2 aromatic carbocycles. The van der Waals surface area contributed by atoms with Crippen LogP contribution < -0.4 is 16.0 Å². The largest absolute Gasteiger partial charge is 0.369 e. The van der Waals surface area contributed by atoms with E-state index in [1.54, 1.807) is 0 Å². The Morgan fingerprint density at radius 2 is 1.64 bits per heavy atom. The molecule has 0 aliphatic carbocycles. The van der Waals surface area contributed by atoms with E-state index in [1.807, 2.05) is 48.7 Å². The van der Waals surface area contributed by atoms with E-state index in [4.69, 9.17) is 12.2 Å². The third kappa shape index (κ3) is 6.36. The molecular weight excluding hydrogens is 354 g/mol. The van der Waals surface area contributed by atoms with E-state index in [1.165, 1.54) is 11.8 Å². The summed E-state index contributed by atoms with van der Waals surface area (Å²) in [4.78, 5) is 23.9. The number of nitrogens with one attached hydrogen (secondary N) is 3. The Hall–Kier alpha value is -2.12. The standard InChI is InChI=1S/C18H21N3O2S2/c1-25-18(24)20-12-11-19-16(22)9-10-17(23)21-15-8-4-6-13-5-2-3-7-14(13)15/h2-8H,9-12H2,1H3,(H,19,22)(H,20,24)(H,21,23). The van der Waals surface area contributed by atoms with Crippen molar-refractivity contribution in [1.29, 1.82) is 0 Å². The van der Waals surface area contributed by atoms with Gasteiger partial charge >= 0.3 is 0 Å². The van der Waals surface area contributed by atoms with E-state index in [9.17, 15) is 9.59 Å². The topological polar surface area (TPSA) is 70.2 Å². The van der Waals surface area contributed by atoms with Gasteiger partial charge in [0.15, 0.2) is 0 Å². The number of anilines is 1. The molecule has 0 saturated heterocycles. The molecule has 0 saturated carbocycles. The summed E-state index contributed by atoms with van der Waals surface area (Å²) >= 11 is 6.46. The molecular formula is C18H21N3O2S2. The maximum Gasteiger partial charge on any atom is 0.224 e. The van der Waals surface area contributed by atoms with E-state index < -0.39 is 0 Å². The molecule has 5 nitrogen and oxygen atoms in total. The van der Waals surface area contributed by atoms with Gasteiger partial charge in [-0.2, -0.15) is 0 Å². The monoisotopic (exact) mass is 375 g/mol. The summed E-state index contributed by atoms with van der Waals surface area (Å²) in [6, 6.07) is 13.6. The predicted octanol–water partition coefficient (Wildman–Crippen LogP) is 2.91. The lowest BCUT2D eigenvalue weighted by molar-refractivity contribution is -0.124. The normalized spacial score (nSPS) is 10.3. The molecule has 7 heteroatoms. The Balaban J connectivity index is 1.75. The van der Waals surface area contributed by atoms with E-state index in [2.05, 4.69) is 16.0 Å². The number of hydrogen-bond acceptors (Lipinski definition) is 4. The zero-order valence-corrected chi connectivity index (χ0v) is 15.6. The third-order valence-electron chi connectivity index (χ3n) is 3.54.